The molecule has 0 amide bonds. The fourth-order valence-electron chi connectivity index (χ4n) is 0.456. The summed E-state index contributed by atoms with van der Waals surface area (Å²) in [5.74, 6) is 0. The van der Waals surface area contributed by atoms with Crippen molar-refractivity contribution in [3.05, 3.63) is 14.9 Å². The molecule has 0 fully saturated rings. The van der Waals surface area contributed by atoms with Crippen LogP contribution in [0.15, 0.2) is 0 Å². The van der Waals surface area contributed by atoms with E-state index >= 15 is 0 Å². The molecule has 0 bridgehead atoms. The molecule has 1 aromatic rings. The van der Waals surface area contributed by atoms with Gasteiger partial charge in [-0.15, -0.1) is 11.3 Å². The maximum absolute atomic E-state index is 10.4. The van der Waals surface area contributed by atoms with Crippen LogP contribution in [-0.4, -0.2) is 6.29 Å². The van der Waals surface area contributed by atoms with E-state index in [0.717, 1.165) is 14.7 Å². The molecule has 1 nitrogen and oxygen atoms in total. The highest BCUT2D eigenvalue weighted by Gasteiger charge is 2.10. The normalized spacial score (nSPS) is 9.90. The highest BCUT2D eigenvalue weighted by atomic mass is 127. The fourth-order valence-corrected chi connectivity index (χ4v) is 4.29. The second-order valence-corrected chi connectivity index (χ2v) is 6.51. The molecular weight excluding hydrogens is 489 g/mol. The van der Waals surface area contributed by atoms with E-state index in [9.17, 15) is 4.79 Å². The van der Waals surface area contributed by atoms with Crippen molar-refractivity contribution in [1.82, 2.24) is 0 Å². The number of rotatable bonds is 1. The predicted molar refractivity (Wildman–Crippen MR) is 67.9 cm³/mol. The molecule has 0 radical (unpaired) electrons. The number of halogens is 3. The lowest BCUT2D eigenvalue weighted by atomic mass is 10.5. The highest BCUT2D eigenvalue weighted by molar-refractivity contribution is 14.1. The predicted octanol–water partition coefficient (Wildman–Crippen LogP) is 3.37. The number of carbonyl (C=O) groups excluding carboxylic acids is 1. The van der Waals surface area contributed by atoms with Crippen LogP contribution in [0.5, 0.6) is 0 Å². The van der Waals surface area contributed by atoms with Crippen LogP contribution in [0.25, 0.3) is 0 Å². The molecule has 0 atom stereocenters. The van der Waals surface area contributed by atoms with Crippen LogP contribution in [0.3, 0.4) is 0 Å². The zero-order valence-electron chi connectivity index (χ0n) is 4.53. The van der Waals surface area contributed by atoms with E-state index in [1.807, 2.05) is 0 Å². The summed E-state index contributed by atoms with van der Waals surface area (Å²) in [5, 5.41) is 0. The summed E-state index contributed by atoms with van der Waals surface area (Å²) in [5.41, 5.74) is 0. The quantitative estimate of drug-likeness (QED) is 0.437. The van der Waals surface area contributed by atoms with Crippen molar-refractivity contribution >= 4 is 85.4 Å². The fraction of sp³-hybridized carbons (Fsp3) is 0. The van der Waals surface area contributed by atoms with Crippen molar-refractivity contribution in [2.45, 2.75) is 0 Å². The molecule has 0 aromatic carbocycles. The molecule has 0 aliphatic heterocycles. The summed E-state index contributed by atoms with van der Waals surface area (Å²) < 4.78 is 3.48. The zero-order valence-corrected chi connectivity index (χ0v) is 11.8. The van der Waals surface area contributed by atoms with Gasteiger partial charge in [-0.1, -0.05) is 0 Å². The van der Waals surface area contributed by atoms with Gasteiger partial charge in [-0.05, 0) is 67.8 Å². The molecule has 5 heteroatoms. The van der Waals surface area contributed by atoms with Crippen LogP contribution in [0.1, 0.15) is 9.67 Å². The van der Waals surface area contributed by atoms with Crippen molar-refractivity contribution in [2.75, 3.05) is 0 Å². The Morgan fingerprint density at radius 1 is 1.20 bits per heavy atom. The van der Waals surface area contributed by atoms with Crippen molar-refractivity contribution in [2.24, 2.45) is 0 Å². The molecule has 1 heterocycles. The van der Waals surface area contributed by atoms with E-state index in [4.69, 9.17) is 0 Å². The maximum Gasteiger partial charge on any atom is 0.161 e. The minimum atomic E-state index is 0.842. The minimum Gasteiger partial charge on any atom is -0.297 e. The smallest absolute Gasteiger partial charge is 0.161 e. The lowest BCUT2D eigenvalue weighted by Crippen LogP contribution is -1.76. The van der Waals surface area contributed by atoms with Gasteiger partial charge in [0.05, 0.1) is 11.3 Å². The number of carbonyl (C=O) groups is 1. The summed E-state index contributed by atoms with van der Waals surface area (Å²) in [4.78, 5) is 11.2. The second-order valence-electron chi connectivity index (χ2n) is 1.49. The van der Waals surface area contributed by atoms with Crippen LogP contribution in [0.4, 0.5) is 0 Å². The van der Waals surface area contributed by atoms with Gasteiger partial charge in [-0.25, -0.2) is 0 Å². The molecule has 1 rings (SSSR count). The standard InChI is InChI=1S/C5HI3OS/c6-3-2(1-9)10-5(8)4(3)7/h1H. The lowest BCUT2D eigenvalue weighted by Gasteiger charge is -1.83. The molecule has 0 unspecified atom stereocenters. The van der Waals surface area contributed by atoms with Gasteiger partial charge in [-0.2, -0.15) is 0 Å². The molecule has 54 valence electrons. The number of hydrogen-bond donors (Lipinski definition) is 0. The Bertz CT molecular complexity index is 268. The first-order valence-corrected chi connectivity index (χ1v) is 6.30. The second kappa shape index (κ2) is 3.99. The van der Waals surface area contributed by atoms with E-state index in [1.165, 1.54) is 6.45 Å². The minimum absolute atomic E-state index is 0.842. The Morgan fingerprint density at radius 3 is 2.00 bits per heavy atom. The summed E-state index contributed by atoms with van der Waals surface area (Å²) >= 11 is 8.23. The lowest BCUT2D eigenvalue weighted by molar-refractivity contribution is 0.112. The van der Waals surface area contributed by atoms with Crippen LogP contribution in [0.2, 0.25) is 0 Å². The maximum atomic E-state index is 10.4. The van der Waals surface area contributed by atoms with E-state index in [1.54, 1.807) is 11.3 Å². The van der Waals surface area contributed by atoms with Crippen molar-refractivity contribution in [1.29, 1.82) is 0 Å². The van der Waals surface area contributed by atoms with Gasteiger partial charge in [0.1, 0.15) is 0 Å². The molecular formula is C5HI3OS. The summed E-state index contributed by atoms with van der Waals surface area (Å²) in [6.07, 6.45) is 0.913. The van der Waals surface area contributed by atoms with Gasteiger partial charge >= 0.3 is 0 Å². The Morgan fingerprint density at radius 2 is 1.80 bits per heavy atom. The Kier molecular flexibility index (Phi) is 3.85. The Balaban J connectivity index is 3.30. The number of aldehydes is 1. The third kappa shape index (κ3) is 1.83. The van der Waals surface area contributed by atoms with E-state index in [2.05, 4.69) is 67.8 Å². The molecule has 1 aromatic heterocycles. The molecule has 0 aliphatic rings. The zero-order chi connectivity index (χ0) is 7.72. The number of thiophene rings is 1. The van der Waals surface area contributed by atoms with Crippen LogP contribution < -0.4 is 0 Å². The van der Waals surface area contributed by atoms with E-state index in [-0.39, 0.29) is 0 Å². The van der Waals surface area contributed by atoms with E-state index < -0.39 is 0 Å². The van der Waals surface area contributed by atoms with Crippen LogP contribution in [0, 0.1) is 10.0 Å². The van der Waals surface area contributed by atoms with Gasteiger partial charge in [0.2, 0.25) is 0 Å². The Hall–Kier alpha value is 1.56. The van der Waals surface area contributed by atoms with Crippen molar-refractivity contribution in [3.63, 3.8) is 0 Å². The molecule has 0 N–H and O–H groups in total. The highest BCUT2D eigenvalue weighted by Crippen LogP contribution is 2.30. The largest absolute Gasteiger partial charge is 0.297 e. The third-order valence-electron chi connectivity index (χ3n) is 0.888. The molecule has 0 spiro atoms. The SMILES string of the molecule is O=Cc1sc(I)c(I)c1I. The molecule has 0 saturated carbocycles. The number of hydrogen-bond acceptors (Lipinski definition) is 2. The topological polar surface area (TPSA) is 17.1 Å². The van der Waals surface area contributed by atoms with Gasteiger partial charge in [0, 0.05) is 3.57 Å². The Labute approximate surface area is 103 Å². The van der Waals surface area contributed by atoms with Crippen molar-refractivity contribution in [3.8, 4) is 0 Å². The van der Waals surface area contributed by atoms with Gasteiger partial charge in [0.25, 0.3) is 0 Å². The van der Waals surface area contributed by atoms with Gasteiger partial charge in [0.15, 0.2) is 6.29 Å². The van der Waals surface area contributed by atoms with Crippen LogP contribution in [-0.2, 0) is 0 Å². The first-order chi connectivity index (χ1) is 4.66. The summed E-state index contributed by atoms with van der Waals surface area (Å²) in [6.45, 7) is 0. The monoisotopic (exact) mass is 490 g/mol. The van der Waals surface area contributed by atoms with Gasteiger partial charge < -0.3 is 0 Å². The average molecular weight is 490 g/mol. The van der Waals surface area contributed by atoms with Crippen molar-refractivity contribution < 1.29 is 4.79 Å². The molecule has 0 aliphatic carbocycles. The van der Waals surface area contributed by atoms with E-state index in [0.29, 0.717) is 0 Å². The first kappa shape index (κ1) is 9.65. The summed E-state index contributed by atoms with van der Waals surface area (Å²) in [6, 6.07) is 0. The molecule has 0 saturated heterocycles. The molecule has 10 heavy (non-hydrogen) atoms. The first-order valence-electron chi connectivity index (χ1n) is 2.25. The van der Waals surface area contributed by atoms with Gasteiger partial charge in [-0.3, -0.25) is 4.79 Å². The van der Waals surface area contributed by atoms with Crippen LogP contribution >= 0.6 is 79.1 Å². The third-order valence-corrected chi connectivity index (χ3v) is 7.99. The average Bonchev–Trinajstić information content (AvgIpc) is 2.17. The summed E-state index contributed by atoms with van der Waals surface area (Å²) in [7, 11) is 0.